The lowest BCUT2D eigenvalue weighted by Crippen LogP contribution is -2.60. The van der Waals surface area contributed by atoms with E-state index >= 15 is 0 Å². The third-order valence-corrected chi connectivity index (χ3v) is 6.58. The van der Waals surface area contributed by atoms with Crippen molar-refractivity contribution in [3.05, 3.63) is 20.8 Å². The van der Waals surface area contributed by atoms with E-state index in [2.05, 4.69) is 59.3 Å². The van der Waals surface area contributed by atoms with Gasteiger partial charge in [-0.05, 0) is 74.4 Å². The van der Waals surface area contributed by atoms with Crippen LogP contribution < -0.4 is 5.32 Å². The highest BCUT2D eigenvalue weighted by Gasteiger charge is 2.41. The maximum absolute atomic E-state index is 3.87. The van der Waals surface area contributed by atoms with Crippen LogP contribution in [0.5, 0.6) is 0 Å². The second-order valence-corrected chi connectivity index (χ2v) is 9.02. The Morgan fingerprint density at radius 3 is 2.52 bits per heavy atom. The molecule has 0 spiro atoms. The van der Waals surface area contributed by atoms with Crippen molar-refractivity contribution >= 4 is 27.3 Å². The summed E-state index contributed by atoms with van der Waals surface area (Å²) in [5.41, 5.74) is 0.323. The minimum atomic E-state index is 0.323. The maximum Gasteiger partial charge on any atom is 0.0701 e. The zero-order valence-electron chi connectivity index (χ0n) is 13.6. The fraction of sp³-hybridized carbons (Fsp3) is 0.765. The van der Waals surface area contributed by atoms with Crippen molar-refractivity contribution in [3.63, 3.8) is 0 Å². The molecule has 0 aliphatic heterocycles. The number of halogens is 1. The van der Waals surface area contributed by atoms with E-state index in [1.807, 2.05) is 11.3 Å². The summed E-state index contributed by atoms with van der Waals surface area (Å²) >= 11 is 5.48. The molecule has 4 heteroatoms. The number of hydrogen-bond donors (Lipinski definition) is 1. The number of rotatable bonds is 7. The summed E-state index contributed by atoms with van der Waals surface area (Å²) in [5.74, 6) is 0. The molecule has 1 fully saturated rings. The number of likely N-dealkylation sites (N-methyl/N-ethyl adjacent to an activating group) is 1. The van der Waals surface area contributed by atoms with Crippen molar-refractivity contribution in [1.29, 1.82) is 0 Å². The predicted octanol–water partition coefficient (Wildman–Crippen LogP) is 4.69. The molecule has 120 valence electrons. The van der Waals surface area contributed by atoms with Gasteiger partial charge < -0.3 is 10.2 Å². The van der Waals surface area contributed by atoms with E-state index in [0.29, 0.717) is 11.6 Å². The van der Waals surface area contributed by atoms with Gasteiger partial charge in [0.1, 0.15) is 0 Å². The van der Waals surface area contributed by atoms with Crippen LogP contribution in [-0.4, -0.2) is 37.1 Å². The molecule has 0 amide bonds. The minimum Gasteiger partial charge on any atom is -0.312 e. The molecule has 1 aliphatic rings. The van der Waals surface area contributed by atoms with Gasteiger partial charge in [-0.2, -0.15) is 0 Å². The first-order valence-corrected chi connectivity index (χ1v) is 9.84. The van der Waals surface area contributed by atoms with E-state index in [-0.39, 0.29) is 0 Å². The van der Waals surface area contributed by atoms with Gasteiger partial charge in [0, 0.05) is 16.5 Å². The monoisotopic (exact) mass is 372 g/mol. The summed E-state index contributed by atoms with van der Waals surface area (Å²) in [6.07, 6.45) is 9.15. The Morgan fingerprint density at radius 1 is 1.29 bits per heavy atom. The summed E-state index contributed by atoms with van der Waals surface area (Å²) in [4.78, 5) is 3.99. The lowest BCUT2D eigenvalue weighted by atomic mass is 9.74. The Morgan fingerprint density at radius 2 is 2.00 bits per heavy atom. The van der Waals surface area contributed by atoms with E-state index in [1.165, 1.54) is 47.2 Å². The van der Waals surface area contributed by atoms with Crippen LogP contribution in [0.15, 0.2) is 15.9 Å². The molecule has 1 aromatic rings. The molecule has 0 saturated heterocycles. The normalized spacial score (nSPS) is 19.9. The lowest BCUT2D eigenvalue weighted by molar-refractivity contribution is 0.0572. The molecule has 0 aromatic carbocycles. The molecule has 1 saturated carbocycles. The fourth-order valence-corrected chi connectivity index (χ4v) is 5.23. The van der Waals surface area contributed by atoms with Gasteiger partial charge in [0.2, 0.25) is 0 Å². The molecule has 1 unspecified atom stereocenters. The summed E-state index contributed by atoms with van der Waals surface area (Å²) in [6.45, 7) is 3.38. The average Bonchev–Trinajstić information content (AvgIpc) is 2.89. The fourth-order valence-electron chi connectivity index (χ4n) is 3.70. The molecule has 0 radical (unpaired) electrons. The van der Waals surface area contributed by atoms with Crippen LogP contribution in [0.1, 0.15) is 50.3 Å². The van der Waals surface area contributed by atoms with E-state index in [1.54, 1.807) is 0 Å². The van der Waals surface area contributed by atoms with Crippen molar-refractivity contribution in [2.45, 2.75) is 63.5 Å². The Balaban J connectivity index is 2.19. The van der Waals surface area contributed by atoms with Crippen molar-refractivity contribution in [3.8, 4) is 0 Å². The van der Waals surface area contributed by atoms with E-state index in [0.717, 1.165) is 13.0 Å². The van der Waals surface area contributed by atoms with Crippen molar-refractivity contribution < 1.29 is 0 Å². The predicted molar refractivity (Wildman–Crippen MR) is 97.3 cm³/mol. The molecule has 1 atom stereocenters. The molecule has 1 N–H and O–H groups in total. The van der Waals surface area contributed by atoms with Crippen LogP contribution in [0.4, 0.5) is 0 Å². The molecule has 2 nitrogen and oxygen atoms in total. The Hall–Kier alpha value is 0.1000. The third kappa shape index (κ3) is 4.31. The number of thiophene rings is 1. The summed E-state index contributed by atoms with van der Waals surface area (Å²) in [6, 6.07) is 5.01. The van der Waals surface area contributed by atoms with Gasteiger partial charge in [-0.1, -0.05) is 26.2 Å². The third-order valence-electron chi connectivity index (χ3n) is 4.93. The SMILES string of the molecule is CCCNC(Cc1ccc(Br)s1)C1(N(C)C)CCCCC1. The molecular formula is C17H29BrN2S. The van der Waals surface area contributed by atoms with Gasteiger partial charge in [-0.25, -0.2) is 0 Å². The standard InChI is InChI=1S/C17H29BrN2S/c1-4-12-19-15(13-14-8-9-16(18)21-14)17(20(2)3)10-6-5-7-11-17/h8-9,15,19H,4-7,10-13H2,1-3H3. The number of nitrogens with zero attached hydrogens (tertiary/aromatic N) is 1. The van der Waals surface area contributed by atoms with Gasteiger partial charge in [0.05, 0.1) is 3.79 Å². The molecule has 1 aliphatic carbocycles. The molecule has 21 heavy (non-hydrogen) atoms. The molecule has 2 rings (SSSR count). The van der Waals surface area contributed by atoms with Crippen LogP contribution in [0.3, 0.4) is 0 Å². The molecule has 1 aromatic heterocycles. The summed E-state index contributed by atoms with van der Waals surface area (Å²) in [5, 5.41) is 3.87. The summed E-state index contributed by atoms with van der Waals surface area (Å²) < 4.78 is 1.24. The van der Waals surface area contributed by atoms with E-state index < -0.39 is 0 Å². The Kier molecular flexibility index (Phi) is 6.73. The van der Waals surface area contributed by atoms with Gasteiger partial charge in [0.15, 0.2) is 0 Å². The smallest absolute Gasteiger partial charge is 0.0701 e. The molecular weight excluding hydrogens is 344 g/mol. The second-order valence-electron chi connectivity index (χ2n) is 6.48. The first kappa shape index (κ1) is 17.5. The Labute approximate surface area is 142 Å². The first-order valence-electron chi connectivity index (χ1n) is 8.23. The minimum absolute atomic E-state index is 0.323. The average molecular weight is 373 g/mol. The number of hydrogen-bond acceptors (Lipinski definition) is 3. The van der Waals surface area contributed by atoms with Crippen molar-refractivity contribution in [2.24, 2.45) is 0 Å². The second kappa shape index (κ2) is 8.09. The van der Waals surface area contributed by atoms with Crippen molar-refractivity contribution in [1.82, 2.24) is 10.2 Å². The van der Waals surface area contributed by atoms with Gasteiger partial charge in [0.25, 0.3) is 0 Å². The number of nitrogens with one attached hydrogen (secondary N) is 1. The van der Waals surface area contributed by atoms with Crippen LogP contribution in [-0.2, 0) is 6.42 Å². The highest BCUT2D eigenvalue weighted by atomic mass is 79.9. The van der Waals surface area contributed by atoms with E-state index in [9.17, 15) is 0 Å². The zero-order valence-corrected chi connectivity index (χ0v) is 16.0. The highest BCUT2D eigenvalue weighted by molar-refractivity contribution is 9.11. The van der Waals surface area contributed by atoms with Gasteiger partial charge in [-0.3, -0.25) is 0 Å². The van der Waals surface area contributed by atoms with Crippen molar-refractivity contribution in [2.75, 3.05) is 20.6 Å². The molecule has 0 bridgehead atoms. The van der Waals surface area contributed by atoms with Gasteiger partial charge in [-0.15, -0.1) is 11.3 Å². The zero-order chi connectivity index (χ0) is 15.3. The maximum atomic E-state index is 3.87. The van der Waals surface area contributed by atoms with Crippen LogP contribution in [0.25, 0.3) is 0 Å². The van der Waals surface area contributed by atoms with Crippen LogP contribution in [0.2, 0.25) is 0 Å². The first-order chi connectivity index (χ1) is 10.1. The highest BCUT2D eigenvalue weighted by Crippen LogP contribution is 2.37. The Bertz CT molecular complexity index is 424. The summed E-state index contributed by atoms with van der Waals surface area (Å²) in [7, 11) is 4.55. The quantitative estimate of drug-likeness (QED) is 0.746. The largest absolute Gasteiger partial charge is 0.312 e. The van der Waals surface area contributed by atoms with Crippen LogP contribution >= 0.6 is 27.3 Å². The van der Waals surface area contributed by atoms with Crippen LogP contribution in [0, 0.1) is 0 Å². The molecule has 1 heterocycles. The van der Waals surface area contributed by atoms with E-state index in [4.69, 9.17) is 0 Å². The topological polar surface area (TPSA) is 15.3 Å². The van der Waals surface area contributed by atoms with Gasteiger partial charge >= 0.3 is 0 Å². The lowest BCUT2D eigenvalue weighted by Gasteiger charge is -2.49.